The molecule has 36 heavy (non-hydrogen) atoms. The number of hydrogen-bond acceptors (Lipinski definition) is 12. The highest BCUT2D eigenvalue weighted by Gasteiger charge is 2.33. The van der Waals surface area contributed by atoms with E-state index in [1.165, 1.54) is 0 Å². The third kappa shape index (κ3) is 3.69. The van der Waals surface area contributed by atoms with Gasteiger partial charge in [0, 0.05) is 103 Å². The van der Waals surface area contributed by atoms with Crippen LogP contribution < -0.4 is 0 Å². The van der Waals surface area contributed by atoms with Gasteiger partial charge in [0.05, 0.1) is 0 Å². The first-order chi connectivity index (χ1) is 17.9. The summed E-state index contributed by atoms with van der Waals surface area (Å²) in [7, 11) is 0. The van der Waals surface area contributed by atoms with Gasteiger partial charge in [-0.05, 0) is 0 Å². The lowest BCUT2D eigenvalue weighted by molar-refractivity contribution is 1.34. The van der Waals surface area contributed by atoms with E-state index in [9.17, 15) is 0 Å². The maximum Gasteiger partial charge on any atom is 0.124 e. The van der Waals surface area contributed by atoms with E-state index in [1.807, 2.05) is 69.5 Å². The fraction of sp³-hybridized carbons (Fsp3) is 0. The van der Waals surface area contributed by atoms with Crippen LogP contribution in [-0.2, 0) is 0 Å². The number of benzene rings is 1. The first-order valence-electron chi connectivity index (χ1n) is 10.5. The van der Waals surface area contributed by atoms with Crippen LogP contribution in [0.1, 0.15) is 0 Å². The molecule has 7 aromatic rings. The van der Waals surface area contributed by atoms with Crippen molar-refractivity contribution >= 4 is 68.0 Å². The Morgan fingerprint density at radius 1 is 0.278 bits per heavy atom. The molecule has 0 fully saturated rings. The Balaban J connectivity index is 1.79. The van der Waals surface area contributed by atoms with Crippen molar-refractivity contribution in [1.82, 2.24) is 29.9 Å². The molecule has 6 nitrogen and oxygen atoms in total. The summed E-state index contributed by atoms with van der Waals surface area (Å²) in [5.74, 6) is 0. The third-order valence-electron chi connectivity index (χ3n) is 5.38. The molecule has 0 radical (unpaired) electrons. The average Bonchev–Trinajstić information content (AvgIpc) is 3.78. The smallest absolute Gasteiger partial charge is 0.124 e. The van der Waals surface area contributed by atoms with Crippen molar-refractivity contribution in [2.24, 2.45) is 0 Å². The minimum atomic E-state index is 0.909. The summed E-state index contributed by atoms with van der Waals surface area (Å²) in [6, 6.07) is 0. The summed E-state index contributed by atoms with van der Waals surface area (Å²) < 4.78 is 0. The lowest BCUT2D eigenvalue weighted by Crippen LogP contribution is -2.01. The van der Waals surface area contributed by atoms with Crippen molar-refractivity contribution in [3.63, 3.8) is 0 Å². The largest absolute Gasteiger partial charge is 0.244 e. The molecule has 7 rings (SSSR count). The van der Waals surface area contributed by atoms with Gasteiger partial charge in [-0.3, -0.25) is 0 Å². The number of thiazole rings is 6. The van der Waals surface area contributed by atoms with Gasteiger partial charge in [0.25, 0.3) is 0 Å². The van der Waals surface area contributed by atoms with Gasteiger partial charge in [-0.25, -0.2) is 29.9 Å². The zero-order valence-electron chi connectivity index (χ0n) is 18.1. The highest BCUT2D eigenvalue weighted by molar-refractivity contribution is 7.16. The topological polar surface area (TPSA) is 77.3 Å². The summed E-state index contributed by atoms with van der Waals surface area (Å²) in [5, 5.41) is 17.5. The van der Waals surface area contributed by atoms with E-state index in [-0.39, 0.29) is 0 Å². The van der Waals surface area contributed by atoms with Crippen LogP contribution in [0.4, 0.5) is 0 Å². The molecule has 6 aromatic heterocycles. The summed E-state index contributed by atoms with van der Waals surface area (Å²) in [4.78, 5) is 28.7. The average molecular weight is 577 g/mol. The van der Waals surface area contributed by atoms with E-state index in [4.69, 9.17) is 29.9 Å². The van der Waals surface area contributed by atoms with Gasteiger partial charge in [0.1, 0.15) is 30.0 Å². The molecule has 0 aliphatic rings. The number of hydrogen-bond donors (Lipinski definition) is 0. The molecule has 0 bridgehead atoms. The second-order valence-electron chi connectivity index (χ2n) is 7.27. The van der Waals surface area contributed by atoms with Gasteiger partial charge in [-0.15, -0.1) is 68.0 Å². The SMILES string of the molecule is c1csc(-c2c(-c3nccs3)c(-c3nccs3)c(-c3nccs3)c(-c3nccs3)c2-c2nccs2)n1. The Kier molecular flexibility index (Phi) is 5.84. The molecular formula is C24H12N6S6. The highest BCUT2D eigenvalue weighted by Crippen LogP contribution is 2.56. The van der Waals surface area contributed by atoms with E-state index < -0.39 is 0 Å². The number of nitrogens with zero attached hydrogens (tertiary/aromatic N) is 6. The zero-order valence-corrected chi connectivity index (χ0v) is 23.0. The van der Waals surface area contributed by atoms with E-state index >= 15 is 0 Å². The normalized spacial score (nSPS) is 11.3. The van der Waals surface area contributed by atoms with Crippen molar-refractivity contribution in [2.75, 3.05) is 0 Å². The molecule has 0 unspecified atom stereocenters. The minimum Gasteiger partial charge on any atom is -0.244 e. The fourth-order valence-corrected chi connectivity index (χ4v) is 8.28. The Bertz CT molecular complexity index is 1350. The van der Waals surface area contributed by atoms with E-state index in [0.29, 0.717) is 0 Å². The van der Waals surface area contributed by atoms with Crippen LogP contribution >= 0.6 is 68.0 Å². The molecule has 0 amide bonds. The molecule has 0 N–H and O–H groups in total. The molecular weight excluding hydrogens is 565 g/mol. The highest BCUT2D eigenvalue weighted by atomic mass is 32.1. The van der Waals surface area contributed by atoms with Gasteiger partial charge in [-0.2, -0.15) is 0 Å². The van der Waals surface area contributed by atoms with Crippen molar-refractivity contribution in [1.29, 1.82) is 0 Å². The van der Waals surface area contributed by atoms with Gasteiger partial charge >= 0.3 is 0 Å². The zero-order chi connectivity index (χ0) is 23.9. The van der Waals surface area contributed by atoms with Crippen molar-refractivity contribution in [3.05, 3.63) is 69.5 Å². The van der Waals surface area contributed by atoms with E-state index in [0.717, 1.165) is 63.4 Å². The fourth-order valence-electron chi connectivity index (χ4n) is 4.11. The van der Waals surface area contributed by atoms with E-state index in [2.05, 4.69) is 0 Å². The van der Waals surface area contributed by atoms with Crippen molar-refractivity contribution in [3.8, 4) is 63.4 Å². The summed E-state index contributed by atoms with van der Waals surface area (Å²) in [5.41, 5.74) is 6.03. The molecule has 0 spiro atoms. The first kappa shape index (κ1) is 22.2. The van der Waals surface area contributed by atoms with Crippen LogP contribution in [-0.4, -0.2) is 29.9 Å². The quantitative estimate of drug-likeness (QED) is 0.198. The maximum atomic E-state index is 4.79. The lowest BCUT2D eigenvalue weighted by Gasteiger charge is -2.22. The predicted octanol–water partition coefficient (Wildman–Crippen LogP) is 8.43. The van der Waals surface area contributed by atoms with Crippen molar-refractivity contribution in [2.45, 2.75) is 0 Å². The van der Waals surface area contributed by atoms with Crippen molar-refractivity contribution < 1.29 is 0 Å². The van der Waals surface area contributed by atoms with Gasteiger partial charge in [0.2, 0.25) is 0 Å². The molecule has 174 valence electrons. The molecule has 12 heteroatoms. The summed E-state index contributed by atoms with van der Waals surface area (Å²) >= 11 is 9.66. The Hall–Kier alpha value is -3.00. The molecule has 0 saturated heterocycles. The number of rotatable bonds is 6. The summed E-state index contributed by atoms with van der Waals surface area (Å²) in [6.07, 6.45) is 11.1. The Morgan fingerprint density at radius 3 is 0.556 bits per heavy atom. The Labute approximate surface area is 229 Å². The number of aromatic nitrogens is 6. The summed E-state index contributed by atoms with van der Waals surface area (Å²) in [6.45, 7) is 0. The third-order valence-corrected chi connectivity index (χ3v) is 10.1. The maximum absolute atomic E-state index is 4.79. The van der Waals surface area contributed by atoms with Crippen LogP contribution in [0.5, 0.6) is 0 Å². The van der Waals surface area contributed by atoms with Gasteiger partial charge in [-0.1, -0.05) is 0 Å². The molecule has 0 atom stereocenters. The molecule has 0 saturated carbocycles. The minimum absolute atomic E-state index is 0.909. The lowest BCUT2D eigenvalue weighted by atomic mass is 9.86. The van der Waals surface area contributed by atoms with E-state index in [1.54, 1.807) is 68.0 Å². The van der Waals surface area contributed by atoms with Crippen LogP contribution in [0.2, 0.25) is 0 Å². The standard InChI is InChI=1S/C24H12N6S6/c1-7-31-19(25-1)13-14(20-26-2-8-32-20)16(22-28-4-10-34-22)18(24-30-6-12-36-24)17(23-29-5-11-35-23)15(13)21-27-3-9-33-21/h1-12H. The van der Waals surface area contributed by atoms with Gasteiger partial charge < -0.3 is 0 Å². The molecule has 0 aliphatic carbocycles. The Morgan fingerprint density at radius 2 is 0.444 bits per heavy atom. The van der Waals surface area contributed by atoms with Crippen LogP contribution in [0, 0.1) is 0 Å². The van der Waals surface area contributed by atoms with Crippen LogP contribution in [0.25, 0.3) is 63.4 Å². The van der Waals surface area contributed by atoms with Crippen LogP contribution in [0.15, 0.2) is 69.5 Å². The predicted molar refractivity (Wildman–Crippen MR) is 153 cm³/mol. The molecule has 1 aromatic carbocycles. The van der Waals surface area contributed by atoms with Gasteiger partial charge in [0.15, 0.2) is 0 Å². The second-order valence-corrected chi connectivity index (χ2v) is 12.6. The molecule has 0 aliphatic heterocycles. The molecule has 6 heterocycles. The second kappa shape index (κ2) is 9.47. The first-order valence-corrected chi connectivity index (χ1v) is 15.8. The van der Waals surface area contributed by atoms with Crippen LogP contribution in [0.3, 0.4) is 0 Å². The monoisotopic (exact) mass is 576 g/mol.